The standard InChI is InChI=1S/C16H19Cl2N5O2S3/c17-12-2-1-3-19-14(12)10-26-6-4-20-16(8-23(24)25)21-5-7-27-11-15-13(18)9-28-22-15/h1-3,8-9,20-21H,4-7,10-11H2. The van der Waals surface area contributed by atoms with Gasteiger partial charge in [0.15, 0.2) is 5.82 Å². The summed E-state index contributed by atoms with van der Waals surface area (Å²) in [6, 6.07) is 3.60. The monoisotopic (exact) mass is 479 g/mol. The Hall–Kier alpha value is -1.20. The van der Waals surface area contributed by atoms with Crippen molar-refractivity contribution < 1.29 is 4.92 Å². The summed E-state index contributed by atoms with van der Waals surface area (Å²) in [5.41, 5.74) is 1.71. The van der Waals surface area contributed by atoms with E-state index in [0.717, 1.165) is 34.8 Å². The van der Waals surface area contributed by atoms with Crippen LogP contribution in [0.25, 0.3) is 0 Å². The molecule has 0 aliphatic carbocycles. The first kappa shape index (κ1) is 23.1. The first-order chi connectivity index (χ1) is 13.6. The number of nitrogens with zero attached hydrogens (tertiary/aromatic N) is 3. The third-order valence-corrected chi connectivity index (χ3v) is 6.67. The summed E-state index contributed by atoms with van der Waals surface area (Å²) in [6.07, 6.45) is 2.66. The van der Waals surface area contributed by atoms with E-state index in [-0.39, 0.29) is 0 Å². The Balaban J connectivity index is 1.63. The van der Waals surface area contributed by atoms with Crippen LogP contribution in [0.15, 0.2) is 35.7 Å². The lowest BCUT2D eigenvalue weighted by atomic mass is 10.4. The number of halogens is 2. The molecule has 2 rings (SSSR count). The summed E-state index contributed by atoms with van der Waals surface area (Å²) in [5.74, 6) is 3.35. The molecule has 0 aliphatic rings. The highest BCUT2D eigenvalue weighted by Gasteiger charge is 2.05. The fourth-order valence-corrected chi connectivity index (χ4v) is 4.88. The van der Waals surface area contributed by atoms with Gasteiger partial charge >= 0.3 is 0 Å². The molecule has 0 aromatic carbocycles. The van der Waals surface area contributed by atoms with E-state index in [0.29, 0.717) is 34.7 Å². The Labute approximate surface area is 186 Å². The molecule has 0 saturated heterocycles. The van der Waals surface area contributed by atoms with Gasteiger partial charge in [0.05, 0.1) is 26.4 Å². The Kier molecular flexibility index (Phi) is 10.8. The van der Waals surface area contributed by atoms with Gasteiger partial charge in [0.2, 0.25) is 0 Å². The van der Waals surface area contributed by atoms with Crippen LogP contribution in [-0.4, -0.2) is 38.9 Å². The lowest BCUT2D eigenvalue weighted by molar-refractivity contribution is -0.404. The van der Waals surface area contributed by atoms with Gasteiger partial charge in [-0.25, -0.2) is 0 Å². The van der Waals surface area contributed by atoms with E-state index in [1.54, 1.807) is 41.2 Å². The summed E-state index contributed by atoms with van der Waals surface area (Å²) in [6.45, 7) is 1.18. The molecule has 2 heterocycles. The summed E-state index contributed by atoms with van der Waals surface area (Å²) in [4.78, 5) is 14.6. The van der Waals surface area contributed by atoms with Gasteiger partial charge in [0, 0.05) is 47.7 Å². The van der Waals surface area contributed by atoms with Crippen LogP contribution in [0.1, 0.15) is 11.4 Å². The average Bonchev–Trinajstić information content (AvgIpc) is 3.06. The van der Waals surface area contributed by atoms with E-state index < -0.39 is 4.92 Å². The van der Waals surface area contributed by atoms with Crippen molar-refractivity contribution >= 4 is 58.3 Å². The zero-order valence-corrected chi connectivity index (χ0v) is 18.7. The van der Waals surface area contributed by atoms with Crippen LogP contribution in [0, 0.1) is 10.1 Å². The van der Waals surface area contributed by atoms with E-state index in [1.807, 2.05) is 6.07 Å². The molecule has 0 spiro atoms. The van der Waals surface area contributed by atoms with Gasteiger partial charge in [-0.1, -0.05) is 23.2 Å². The molecule has 2 N–H and O–H groups in total. The van der Waals surface area contributed by atoms with Gasteiger partial charge in [-0.05, 0) is 23.7 Å². The molecule has 152 valence electrons. The van der Waals surface area contributed by atoms with Crippen molar-refractivity contribution in [3.05, 3.63) is 67.3 Å². The molecule has 0 amide bonds. The predicted octanol–water partition coefficient (Wildman–Crippen LogP) is 4.27. The van der Waals surface area contributed by atoms with E-state index >= 15 is 0 Å². The Morgan fingerprint density at radius 2 is 1.86 bits per heavy atom. The van der Waals surface area contributed by atoms with Crippen molar-refractivity contribution in [2.45, 2.75) is 11.5 Å². The molecule has 0 unspecified atom stereocenters. The third-order valence-electron chi connectivity index (χ3n) is 3.27. The number of rotatable bonds is 13. The normalized spacial score (nSPS) is 11.4. The van der Waals surface area contributed by atoms with Crippen LogP contribution in [-0.2, 0) is 11.5 Å². The molecule has 2 aromatic rings. The minimum absolute atomic E-state index is 0.397. The van der Waals surface area contributed by atoms with E-state index in [2.05, 4.69) is 20.0 Å². The van der Waals surface area contributed by atoms with Crippen molar-refractivity contribution in [1.29, 1.82) is 0 Å². The maximum absolute atomic E-state index is 10.8. The van der Waals surface area contributed by atoms with Crippen molar-refractivity contribution in [3.8, 4) is 0 Å². The molecule has 0 fully saturated rings. The fraction of sp³-hybridized carbons (Fsp3) is 0.375. The topological polar surface area (TPSA) is 93.0 Å². The second-order valence-corrected chi connectivity index (χ2v) is 8.98. The Morgan fingerprint density at radius 1 is 1.18 bits per heavy atom. The molecule has 0 radical (unpaired) electrons. The number of aromatic nitrogens is 2. The van der Waals surface area contributed by atoms with E-state index in [1.165, 1.54) is 11.5 Å². The van der Waals surface area contributed by atoms with Crippen LogP contribution < -0.4 is 10.6 Å². The SMILES string of the molecule is O=[N+]([O-])C=C(NCCSCc1ncccc1Cl)NCCSCc1nscc1Cl. The first-order valence-electron chi connectivity index (χ1n) is 8.23. The highest BCUT2D eigenvalue weighted by Crippen LogP contribution is 2.21. The summed E-state index contributed by atoms with van der Waals surface area (Å²) in [5, 5.41) is 20.0. The number of thioether (sulfide) groups is 2. The van der Waals surface area contributed by atoms with Gasteiger partial charge < -0.3 is 10.6 Å². The van der Waals surface area contributed by atoms with Crippen LogP contribution >= 0.6 is 58.3 Å². The molecule has 2 aromatic heterocycles. The lowest BCUT2D eigenvalue weighted by Crippen LogP contribution is -2.30. The third kappa shape index (κ3) is 8.87. The molecule has 28 heavy (non-hydrogen) atoms. The van der Waals surface area contributed by atoms with E-state index in [4.69, 9.17) is 23.2 Å². The molecule has 12 heteroatoms. The van der Waals surface area contributed by atoms with Gasteiger partial charge in [-0.3, -0.25) is 15.1 Å². The molecular weight excluding hydrogens is 461 g/mol. The van der Waals surface area contributed by atoms with E-state index in [9.17, 15) is 10.1 Å². The quantitative estimate of drug-likeness (QED) is 0.250. The molecular formula is C16H19Cl2N5O2S3. The molecule has 0 saturated carbocycles. The molecule has 7 nitrogen and oxygen atoms in total. The van der Waals surface area contributed by atoms with Crippen molar-refractivity contribution in [1.82, 2.24) is 20.0 Å². The smallest absolute Gasteiger partial charge is 0.274 e. The number of nitro groups is 1. The Morgan fingerprint density at radius 3 is 2.43 bits per heavy atom. The molecule has 0 atom stereocenters. The lowest BCUT2D eigenvalue weighted by Gasteiger charge is -2.11. The second-order valence-electron chi connectivity index (χ2n) is 5.33. The zero-order chi connectivity index (χ0) is 20.2. The first-order valence-corrected chi connectivity index (χ1v) is 12.1. The summed E-state index contributed by atoms with van der Waals surface area (Å²) < 4.78 is 4.21. The maximum atomic E-state index is 10.8. The number of hydrogen-bond donors (Lipinski definition) is 2. The van der Waals surface area contributed by atoms with Crippen LogP contribution in [0.4, 0.5) is 0 Å². The van der Waals surface area contributed by atoms with Crippen molar-refractivity contribution in [2.75, 3.05) is 24.6 Å². The van der Waals surface area contributed by atoms with Crippen LogP contribution in [0.2, 0.25) is 10.0 Å². The van der Waals surface area contributed by atoms with Crippen molar-refractivity contribution in [3.63, 3.8) is 0 Å². The predicted molar refractivity (Wildman–Crippen MR) is 120 cm³/mol. The minimum Gasteiger partial charge on any atom is -0.366 e. The van der Waals surface area contributed by atoms with Gasteiger partial charge in [-0.15, -0.1) is 0 Å². The fourth-order valence-electron chi connectivity index (χ4n) is 1.98. The highest BCUT2D eigenvalue weighted by atomic mass is 35.5. The largest absolute Gasteiger partial charge is 0.366 e. The van der Waals surface area contributed by atoms with Gasteiger partial charge in [0.25, 0.3) is 6.20 Å². The Bertz CT molecular complexity index is 791. The highest BCUT2D eigenvalue weighted by molar-refractivity contribution is 7.98. The van der Waals surface area contributed by atoms with Gasteiger partial charge in [-0.2, -0.15) is 27.9 Å². The zero-order valence-electron chi connectivity index (χ0n) is 14.8. The second kappa shape index (κ2) is 13.1. The number of hydrogen-bond acceptors (Lipinski definition) is 9. The summed E-state index contributed by atoms with van der Waals surface area (Å²) in [7, 11) is 0. The average molecular weight is 480 g/mol. The number of nitrogens with one attached hydrogen (secondary N) is 2. The molecule has 0 aliphatic heterocycles. The number of pyridine rings is 1. The van der Waals surface area contributed by atoms with Crippen LogP contribution in [0.5, 0.6) is 0 Å². The van der Waals surface area contributed by atoms with Gasteiger partial charge in [0.1, 0.15) is 0 Å². The van der Waals surface area contributed by atoms with Crippen molar-refractivity contribution in [2.24, 2.45) is 0 Å². The summed E-state index contributed by atoms with van der Waals surface area (Å²) >= 11 is 16.7. The molecule has 0 bridgehead atoms. The van der Waals surface area contributed by atoms with Crippen LogP contribution in [0.3, 0.4) is 0 Å². The minimum atomic E-state index is -0.474. The maximum Gasteiger partial charge on any atom is 0.274 e.